The van der Waals surface area contributed by atoms with Gasteiger partial charge in [-0.1, -0.05) is 0 Å². The van der Waals surface area contributed by atoms with Gasteiger partial charge in [0.1, 0.15) is 11.4 Å². The summed E-state index contributed by atoms with van der Waals surface area (Å²) in [7, 11) is -11.7. The van der Waals surface area contributed by atoms with Crippen LogP contribution in [0.2, 0.25) is 0 Å². The first-order chi connectivity index (χ1) is 17.0. The van der Waals surface area contributed by atoms with Crippen LogP contribution in [0.25, 0.3) is 5.69 Å². The number of hydrogen-bond donors (Lipinski definition) is 3. The van der Waals surface area contributed by atoms with Gasteiger partial charge in [0, 0.05) is 6.07 Å². The molecule has 0 fully saturated rings. The van der Waals surface area contributed by atoms with Gasteiger partial charge in [0.15, 0.2) is 15.5 Å². The average Bonchev–Trinajstić information content (AvgIpc) is 3.08. The predicted octanol–water partition coefficient (Wildman–Crippen LogP) is 2.11. The zero-order valence-electron chi connectivity index (χ0n) is 19.6. The van der Waals surface area contributed by atoms with Crippen LogP contribution >= 0.6 is 0 Å². The minimum atomic E-state index is -4.49. The van der Waals surface area contributed by atoms with E-state index in [1.807, 2.05) is 0 Å². The lowest BCUT2D eigenvalue weighted by molar-refractivity contribution is 0.414. The third-order valence-electron chi connectivity index (χ3n) is 5.11. The highest BCUT2D eigenvalue weighted by atomic mass is 32.2. The van der Waals surface area contributed by atoms with E-state index in [-0.39, 0.29) is 38.2 Å². The Kier molecular flexibility index (Phi) is 7.75. The monoisotopic (exact) mass is 574 g/mol. The summed E-state index contributed by atoms with van der Waals surface area (Å²) in [6.45, 7) is 3.00. The zero-order chi connectivity index (χ0) is 27.8. The van der Waals surface area contributed by atoms with E-state index in [9.17, 15) is 30.0 Å². The van der Waals surface area contributed by atoms with E-state index in [0.29, 0.717) is 5.69 Å². The summed E-state index contributed by atoms with van der Waals surface area (Å²) in [6, 6.07) is 7.31. The van der Waals surface area contributed by atoms with Gasteiger partial charge >= 0.3 is 0 Å². The number of nitrogens with zero attached hydrogens (tertiary/aromatic N) is 3. The van der Waals surface area contributed by atoms with Crippen molar-refractivity contribution in [1.82, 2.24) is 9.78 Å². The second-order valence-electron chi connectivity index (χ2n) is 7.79. The van der Waals surface area contributed by atoms with Crippen molar-refractivity contribution in [3.63, 3.8) is 0 Å². The fraction of sp³-hybridized carbons (Fsp3) is 0.250. The Morgan fingerprint density at radius 1 is 0.946 bits per heavy atom. The van der Waals surface area contributed by atoms with Crippen LogP contribution in [0.1, 0.15) is 11.3 Å². The first-order valence-corrected chi connectivity index (χ1v) is 14.9. The first-order valence-electron chi connectivity index (χ1n) is 10.2. The smallest absolute Gasteiger partial charge is 0.299 e. The summed E-state index contributed by atoms with van der Waals surface area (Å²) < 4.78 is 93.8. The Balaban J connectivity index is 1.97. The maximum Gasteiger partial charge on any atom is 0.299 e. The molecule has 0 aliphatic heterocycles. The molecule has 17 heteroatoms. The molecule has 200 valence electrons. The third kappa shape index (κ3) is 6.50. The molecule has 3 rings (SSSR count). The zero-order valence-corrected chi connectivity index (χ0v) is 22.1. The molecule has 0 radical (unpaired) electrons. The van der Waals surface area contributed by atoms with E-state index in [1.54, 1.807) is 6.92 Å². The second kappa shape index (κ2) is 10.2. The quantitative estimate of drug-likeness (QED) is 0.250. The number of sulfone groups is 1. The van der Waals surface area contributed by atoms with Crippen molar-refractivity contribution in [3.05, 3.63) is 58.0 Å². The second-order valence-corrected chi connectivity index (χ2v) is 12.9. The third-order valence-corrected chi connectivity index (χ3v) is 8.81. The standard InChI is InChI=1S/C20H22N4O10S3/c1-12-10-16(17(34-3)11-18(12)35(26,27)8-9-36(28,29)30)21-22-19-13(2)23-24(20(19)25)14-4-6-15(7-5-14)37(31,32)33/h4-7,10-11,23H,8-9H2,1-3H3,(H,28,29,30)(H,31,32,33). The van der Waals surface area contributed by atoms with Gasteiger partial charge in [0.05, 0.1) is 39.8 Å². The Bertz CT molecular complexity index is 1750. The average molecular weight is 575 g/mol. The largest absolute Gasteiger partial charge is 0.494 e. The number of aromatic amines is 1. The summed E-state index contributed by atoms with van der Waals surface area (Å²) in [5.74, 6) is -1.84. The van der Waals surface area contributed by atoms with E-state index in [1.165, 1.54) is 32.2 Å². The Morgan fingerprint density at radius 2 is 1.57 bits per heavy atom. The molecule has 0 aliphatic carbocycles. The molecule has 0 bridgehead atoms. The van der Waals surface area contributed by atoms with Gasteiger partial charge in [-0.05, 0) is 49.7 Å². The Labute approximate surface area is 212 Å². The normalized spacial score (nSPS) is 12.8. The number of rotatable bonds is 9. The number of aryl methyl sites for hydroxylation is 2. The first kappa shape index (κ1) is 28.2. The number of azo groups is 1. The van der Waals surface area contributed by atoms with Crippen LogP contribution in [-0.2, 0) is 30.1 Å². The molecule has 37 heavy (non-hydrogen) atoms. The predicted molar refractivity (Wildman–Crippen MR) is 131 cm³/mol. The molecule has 0 atom stereocenters. The molecule has 0 amide bonds. The molecular formula is C20H22N4O10S3. The van der Waals surface area contributed by atoms with Crippen LogP contribution in [0.4, 0.5) is 11.4 Å². The lowest BCUT2D eigenvalue weighted by Gasteiger charge is -2.11. The van der Waals surface area contributed by atoms with Gasteiger partial charge in [-0.15, -0.1) is 10.2 Å². The van der Waals surface area contributed by atoms with E-state index in [2.05, 4.69) is 15.3 Å². The molecule has 14 nitrogen and oxygen atoms in total. The molecule has 1 aromatic heterocycles. The van der Waals surface area contributed by atoms with E-state index in [4.69, 9.17) is 13.8 Å². The molecule has 0 saturated heterocycles. The Hall–Kier alpha value is -3.38. The molecule has 3 N–H and O–H groups in total. The highest BCUT2D eigenvalue weighted by molar-refractivity contribution is 7.93. The number of benzene rings is 2. The van der Waals surface area contributed by atoms with Gasteiger partial charge in [-0.2, -0.15) is 16.8 Å². The van der Waals surface area contributed by atoms with Crippen molar-refractivity contribution >= 4 is 41.4 Å². The van der Waals surface area contributed by atoms with Crippen molar-refractivity contribution in [3.8, 4) is 11.4 Å². The number of methoxy groups -OCH3 is 1. The number of hydrogen-bond acceptors (Lipinski definition) is 10. The van der Waals surface area contributed by atoms with Gasteiger partial charge in [0.2, 0.25) is 0 Å². The van der Waals surface area contributed by atoms with Crippen molar-refractivity contribution in [2.24, 2.45) is 10.2 Å². The summed E-state index contributed by atoms with van der Waals surface area (Å²) >= 11 is 0. The minimum Gasteiger partial charge on any atom is -0.494 e. The van der Waals surface area contributed by atoms with Gasteiger partial charge < -0.3 is 4.74 Å². The van der Waals surface area contributed by atoms with Crippen LogP contribution in [-0.4, -0.2) is 62.8 Å². The van der Waals surface area contributed by atoms with Crippen molar-refractivity contribution in [1.29, 1.82) is 0 Å². The van der Waals surface area contributed by atoms with Crippen LogP contribution in [0.5, 0.6) is 5.75 Å². The van der Waals surface area contributed by atoms with Crippen LogP contribution in [0.15, 0.2) is 61.2 Å². The molecule has 0 aliphatic rings. The maximum atomic E-state index is 12.9. The summed E-state index contributed by atoms with van der Waals surface area (Å²) in [5.41, 5.74) is 0.136. The van der Waals surface area contributed by atoms with E-state index in [0.717, 1.165) is 22.9 Å². The van der Waals surface area contributed by atoms with Crippen LogP contribution in [0.3, 0.4) is 0 Å². The maximum absolute atomic E-state index is 12.9. The lowest BCUT2D eigenvalue weighted by atomic mass is 10.2. The lowest BCUT2D eigenvalue weighted by Crippen LogP contribution is -2.17. The fourth-order valence-electron chi connectivity index (χ4n) is 3.26. The van der Waals surface area contributed by atoms with Crippen LogP contribution < -0.4 is 10.3 Å². The number of ether oxygens (including phenoxy) is 1. The van der Waals surface area contributed by atoms with Gasteiger partial charge in [0.25, 0.3) is 25.8 Å². The number of aromatic nitrogens is 2. The molecule has 2 aromatic carbocycles. The highest BCUT2D eigenvalue weighted by Gasteiger charge is 2.23. The molecule has 0 spiro atoms. The number of nitrogens with one attached hydrogen (secondary N) is 1. The molecule has 1 heterocycles. The fourth-order valence-corrected chi connectivity index (χ4v) is 6.52. The topological polar surface area (TPSA) is 215 Å². The SMILES string of the molecule is COc1cc(S(=O)(=O)CCS(=O)(=O)O)c(C)cc1N=Nc1c(C)[nH]n(-c2ccc(S(=O)(=O)O)cc2)c1=O. The van der Waals surface area contributed by atoms with E-state index >= 15 is 0 Å². The summed E-state index contributed by atoms with van der Waals surface area (Å²) in [5, 5.41) is 10.8. The van der Waals surface area contributed by atoms with Gasteiger partial charge in [-0.25, -0.2) is 13.1 Å². The Morgan fingerprint density at radius 3 is 2.11 bits per heavy atom. The summed E-state index contributed by atoms with van der Waals surface area (Å²) in [6.07, 6.45) is 0. The molecule has 3 aromatic rings. The van der Waals surface area contributed by atoms with E-state index < -0.39 is 47.1 Å². The van der Waals surface area contributed by atoms with Gasteiger partial charge in [-0.3, -0.25) is 19.0 Å². The van der Waals surface area contributed by atoms with Crippen molar-refractivity contribution < 1.29 is 39.1 Å². The minimum absolute atomic E-state index is 0.0194. The highest BCUT2D eigenvalue weighted by Crippen LogP contribution is 2.34. The molecule has 0 unspecified atom stereocenters. The molecule has 0 saturated carbocycles. The van der Waals surface area contributed by atoms with Crippen LogP contribution in [0, 0.1) is 13.8 Å². The summed E-state index contributed by atoms with van der Waals surface area (Å²) in [4.78, 5) is 12.3. The van der Waals surface area contributed by atoms with Crippen molar-refractivity contribution in [2.45, 2.75) is 23.6 Å². The molecular weight excluding hydrogens is 552 g/mol. The van der Waals surface area contributed by atoms with Crippen molar-refractivity contribution in [2.75, 3.05) is 18.6 Å². The number of H-pyrrole nitrogens is 1.